The number of thioether (sulfide) groups is 1. The van der Waals surface area contributed by atoms with Crippen molar-refractivity contribution in [1.29, 1.82) is 0 Å². The molecule has 0 spiro atoms. The van der Waals surface area contributed by atoms with E-state index in [-0.39, 0.29) is 17.7 Å². The average molecular weight is 586 g/mol. The molecule has 11 heteroatoms. The van der Waals surface area contributed by atoms with E-state index in [4.69, 9.17) is 33.9 Å². The Balaban J connectivity index is 1.15. The van der Waals surface area contributed by atoms with Crippen LogP contribution in [0.3, 0.4) is 0 Å². The fourth-order valence-corrected chi connectivity index (χ4v) is 6.06. The number of carbonyl (C=O) groups is 2. The first-order chi connectivity index (χ1) is 18.9. The first kappa shape index (κ1) is 27.6. The molecule has 2 N–H and O–H groups in total. The Labute approximate surface area is 242 Å². The van der Waals surface area contributed by atoms with Crippen LogP contribution in [0.5, 0.6) is 0 Å². The molecule has 2 aliphatic rings. The Bertz CT molecular complexity index is 1310. The molecule has 3 heterocycles. The lowest BCUT2D eigenvalue weighted by molar-refractivity contribution is -0.123. The Kier molecular flexibility index (Phi) is 8.79. The summed E-state index contributed by atoms with van der Waals surface area (Å²) in [6.07, 6.45) is 1.24. The third-order valence-corrected chi connectivity index (χ3v) is 8.57. The second-order valence-corrected chi connectivity index (χ2v) is 11.5. The standard InChI is InChI=1S/C28H30Cl2N6O2S/c29-22-5-7-23(8-6-22)34-13-15-35(16-14-34)25-17-24(30)32-28(33-25)39-18-19-1-3-21(4-2-19)27(38)36-11-9-20(10-12-36)26(31)37/h1-8,17,20H,9-16,18H2,(H2,31,37). The van der Waals surface area contributed by atoms with Gasteiger partial charge in [0.2, 0.25) is 5.91 Å². The maximum atomic E-state index is 12.9. The van der Waals surface area contributed by atoms with E-state index >= 15 is 0 Å². The number of piperazine rings is 1. The monoisotopic (exact) mass is 584 g/mol. The van der Waals surface area contributed by atoms with Crippen LogP contribution < -0.4 is 15.5 Å². The summed E-state index contributed by atoms with van der Waals surface area (Å²) in [6.45, 7) is 4.51. The van der Waals surface area contributed by atoms with Crippen LogP contribution in [-0.2, 0) is 10.5 Å². The number of hydrogen-bond donors (Lipinski definition) is 1. The van der Waals surface area contributed by atoms with Crippen molar-refractivity contribution < 1.29 is 9.59 Å². The number of hydrogen-bond acceptors (Lipinski definition) is 7. The third kappa shape index (κ3) is 6.96. The van der Waals surface area contributed by atoms with Crippen molar-refractivity contribution in [1.82, 2.24) is 14.9 Å². The summed E-state index contributed by atoms with van der Waals surface area (Å²) in [7, 11) is 0. The van der Waals surface area contributed by atoms with Gasteiger partial charge in [0.25, 0.3) is 5.91 Å². The van der Waals surface area contributed by atoms with E-state index in [2.05, 4.69) is 14.8 Å². The molecule has 2 amide bonds. The first-order valence-corrected chi connectivity index (χ1v) is 14.7. The number of aromatic nitrogens is 2. The van der Waals surface area contributed by atoms with Gasteiger partial charge in [-0.2, -0.15) is 0 Å². The van der Waals surface area contributed by atoms with Gasteiger partial charge in [0.1, 0.15) is 11.0 Å². The molecule has 3 aromatic rings. The van der Waals surface area contributed by atoms with Crippen molar-refractivity contribution in [3.05, 3.63) is 75.9 Å². The summed E-state index contributed by atoms with van der Waals surface area (Å²) in [5.74, 6) is 1.05. The van der Waals surface area contributed by atoms with Crippen LogP contribution >= 0.6 is 35.0 Å². The number of primary amides is 1. The van der Waals surface area contributed by atoms with Crippen LogP contribution in [0.25, 0.3) is 0 Å². The Hall–Kier alpha value is -3.01. The van der Waals surface area contributed by atoms with Gasteiger partial charge in [-0.1, -0.05) is 47.1 Å². The van der Waals surface area contributed by atoms with Gasteiger partial charge < -0.3 is 20.4 Å². The Morgan fingerprint density at radius 2 is 1.51 bits per heavy atom. The lowest BCUT2D eigenvalue weighted by Gasteiger charge is -2.36. The summed E-state index contributed by atoms with van der Waals surface area (Å²) < 4.78 is 0. The van der Waals surface area contributed by atoms with Crippen LogP contribution in [0.2, 0.25) is 10.2 Å². The lowest BCUT2D eigenvalue weighted by atomic mass is 9.96. The summed E-state index contributed by atoms with van der Waals surface area (Å²) in [4.78, 5) is 39.8. The number of rotatable bonds is 7. The van der Waals surface area contributed by atoms with E-state index in [1.165, 1.54) is 11.8 Å². The third-order valence-electron chi connectivity index (χ3n) is 7.21. The van der Waals surface area contributed by atoms with Crippen LogP contribution in [-0.4, -0.2) is 66.0 Å². The van der Waals surface area contributed by atoms with Gasteiger partial charge in [0.05, 0.1) is 0 Å². The molecule has 0 atom stereocenters. The van der Waals surface area contributed by atoms with E-state index in [1.807, 2.05) is 54.6 Å². The van der Waals surface area contributed by atoms with Crippen molar-refractivity contribution in [2.75, 3.05) is 49.1 Å². The number of halogens is 2. The Morgan fingerprint density at radius 1 is 0.872 bits per heavy atom. The fourth-order valence-electron chi connectivity index (χ4n) is 4.90. The quantitative estimate of drug-likeness (QED) is 0.243. The van der Waals surface area contributed by atoms with Crippen LogP contribution in [0, 0.1) is 5.92 Å². The van der Waals surface area contributed by atoms with Crippen molar-refractivity contribution in [2.45, 2.75) is 23.8 Å². The number of anilines is 2. The van der Waals surface area contributed by atoms with Crippen molar-refractivity contribution in [3.8, 4) is 0 Å². The number of likely N-dealkylation sites (tertiary alicyclic amines) is 1. The van der Waals surface area contributed by atoms with Crippen molar-refractivity contribution in [3.63, 3.8) is 0 Å². The van der Waals surface area contributed by atoms with Gasteiger partial charge in [-0.3, -0.25) is 9.59 Å². The molecule has 5 rings (SSSR count). The topological polar surface area (TPSA) is 95.7 Å². The van der Waals surface area contributed by atoms with Gasteiger partial charge in [-0.25, -0.2) is 9.97 Å². The smallest absolute Gasteiger partial charge is 0.253 e. The predicted octanol–water partition coefficient (Wildman–Crippen LogP) is 4.74. The van der Waals surface area contributed by atoms with E-state index in [1.54, 1.807) is 4.90 Å². The molecule has 0 aliphatic carbocycles. The van der Waals surface area contributed by atoms with Gasteiger partial charge >= 0.3 is 0 Å². The normalized spacial score (nSPS) is 16.4. The maximum absolute atomic E-state index is 12.9. The molecule has 204 valence electrons. The highest BCUT2D eigenvalue weighted by atomic mass is 35.5. The molecule has 0 bridgehead atoms. The van der Waals surface area contributed by atoms with Gasteiger partial charge in [-0.05, 0) is 54.8 Å². The average Bonchev–Trinajstić information content (AvgIpc) is 2.96. The zero-order chi connectivity index (χ0) is 27.4. The molecule has 8 nitrogen and oxygen atoms in total. The summed E-state index contributed by atoms with van der Waals surface area (Å²) in [5.41, 5.74) is 8.27. The van der Waals surface area contributed by atoms with Crippen LogP contribution in [0.1, 0.15) is 28.8 Å². The van der Waals surface area contributed by atoms with E-state index in [0.29, 0.717) is 47.6 Å². The van der Waals surface area contributed by atoms with E-state index in [9.17, 15) is 9.59 Å². The molecule has 2 fully saturated rings. The van der Waals surface area contributed by atoms with Crippen molar-refractivity contribution in [2.24, 2.45) is 11.7 Å². The fraction of sp³-hybridized carbons (Fsp3) is 0.357. The molecule has 0 saturated carbocycles. The number of amides is 2. The minimum atomic E-state index is -0.281. The van der Waals surface area contributed by atoms with E-state index in [0.717, 1.165) is 48.3 Å². The molecule has 2 saturated heterocycles. The molecule has 0 radical (unpaired) electrons. The zero-order valence-electron chi connectivity index (χ0n) is 21.4. The zero-order valence-corrected chi connectivity index (χ0v) is 23.8. The minimum Gasteiger partial charge on any atom is -0.369 e. The van der Waals surface area contributed by atoms with Gasteiger partial charge in [-0.15, -0.1) is 0 Å². The SMILES string of the molecule is NC(=O)C1CCN(C(=O)c2ccc(CSc3nc(Cl)cc(N4CCN(c5ccc(Cl)cc5)CC4)n3)cc2)CC1. The van der Waals surface area contributed by atoms with Crippen LogP contribution in [0.15, 0.2) is 59.8 Å². The molecular weight excluding hydrogens is 555 g/mol. The number of piperidine rings is 1. The van der Waals surface area contributed by atoms with Crippen LogP contribution in [0.4, 0.5) is 11.5 Å². The van der Waals surface area contributed by atoms with Gasteiger partial charge in [0.15, 0.2) is 5.16 Å². The largest absolute Gasteiger partial charge is 0.369 e. The molecule has 39 heavy (non-hydrogen) atoms. The summed E-state index contributed by atoms with van der Waals surface area (Å²) in [6, 6.07) is 17.4. The molecular formula is C28H30Cl2N6O2S. The predicted molar refractivity (Wildman–Crippen MR) is 157 cm³/mol. The van der Waals surface area contributed by atoms with E-state index < -0.39 is 0 Å². The second-order valence-electron chi connectivity index (χ2n) is 9.74. The number of benzene rings is 2. The highest BCUT2D eigenvalue weighted by molar-refractivity contribution is 7.98. The van der Waals surface area contributed by atoms with Gasteiger partial charge in [0, 0.05) is 73.3 Å². The second kappa shape index (κ2) is 12.4. The minimum absolute atomic E-state index is 0.0175. The highest BCUT2D eigenvalue weighted by Gasteiger charge is 2.26. The first-order valence-electron chi connectivity index (χ1n) is 13.0. The summed E-state index contributed by atoms with van der Waals surface area (Å²) >= 11 is 13.9. The molecule has 2 aliphatic heterocycles. The number of carbonyl (C=O) groups excluding carboxylic acids is 2. The molecule has 1 aromatic heterocycles. The highest BCUT2D eigenvalue weighted by Crippen LogP contribution is 2.27. The summed E-state index contributed by atoms with van der Waals surface area (Å²) in [5, 5.41) is 1.78. The number of nitrogens with two attached hydrogens (primary N) is 1. The number of nitrogens with zero attached hydrogens (tertiary/aromatic N) is 5. The van der Waals surface area contributed by atoms with Crippen molar-refractivity contribution >= 4 is 58.3 Å². The Morgan fingerprint density at radius 3 is 2.15 bits per heavy atom. The lowest BCUT2D eigenvalue weighted by Crippen LogP contribution is -2.46. The maximum Gasteiger partial charge on any atom is 0.253 e. The molecule has 0 unspecified atom stereocenters. The molecule has 2 aromatic carbocycles.